The number of hydrogen-bond acceptors (Lipinski definition) is 6. The lowest BCUT2D eigenvalue weighted by Gasteiger charge is -2.09. The molecule has 0 spiro atoms. The Morgan fingerprint density at radius 1 is 1.35 bits per heavy atom. The van der Waals surface area contributed by atoms with Gasteiger partial charge < -0.3 is 9.47 Å². The first-order valence-electron chi connectivity index (χ1n) is 5.27. The van der Waals surface area contributed by atoms with Gasteiger partial charge in [-0.3, -0.25) is 4.79 Å². The Labute approximate surface area is 105 Å². The highest BCUT2D eigenvalue weighted by Gasteiger charge is 2.15. The van der Waals surface area contributed by atoms with E-state index in [4.69, 9.17) is 9.47 Å². The van der Waals surface area contributed by atoms with Crippen LogP contribution < -0.4 is 9.47 Å². The van der Waals surface area contributed by atoms with Crippen LogP contribution in [0.2, 0.25) is 0 Å². The van der Waals surface area contributed by atoms with Gasteiger partial charge in [0.1, 0.15) is 5.78 Å². The largest absolute Gasteiger partial charge is 0.481 e. The lowest BCUT2D eigenvalue weighted by molar-refractivity contribution is -0.118. The number of carbonyl (C=O) groups is 1. The molecule has 1 unspecified atom stereocenters. The number of ketones is 1. The van der Waals surface area contributed by atoms with Crippen molar-refractivity contribution in [2.45, 2.75) is 30.7 Å². The summed E-state index contributed by atoms with van der Waals surface area (Å²) in [7, 11) is 3.05. The number of ether oxygens (including phenoxy) is 2. The van der Waals surface area contributed by atoms with Crippen LogP contribution in [0.3, 0.4) is 0 Å². The second kappa shape index (κ2) is 6.44. The Hall–Kier alpha value is -1.30. The third-order valence-corrected chi connectivity index (χ3v) is 3.17. The number of hydrogen-bond donors (Lipinski definition) is 0. The number of nitrogens with zero attached hydrogens (tertiary/aromatic N) is 2. The van der Waals surface area contributed by atoms with E-state index in [0.29, 0.717) is 23.3 Å². The smallest absolute Gasteiger partial charge is 0.220 e. The molecule has 94 valence electrons. The highest BCUT2D eigenvalue weighted by Crippen LogP contribution is 2.25. The molecule has 0 aliphatic carbocycles. The minimum Gasteiger partial charge on any atom is -0.481 e. The van der Waals surface area contributed by atoms with E-state index in [1.807, 2.05) is 13.8 Å². The van der Waals surface area contributed by atoms with Crippen LogP contribution in [0.4, 0.5) is 0 Å². The van der Waals surface area contributed by atoms with Crippen molar-refractivity contribution in [1.82, 2.24) is 9.97 Å². The van der Waals surface area contributed by atoms with Gasteiger partial charge in [-0.2, -0.15) is 9.97 Å². The Bertz CT molecular complexity index is 376. The van der Waals surface area contributed by atoms with Gasteiger partial charge in [0.15, 0.2) is 5.16 Å². The molecule has 0 aliphatic rings. The molecule has 0 aliphatic heterocycles. The molecule has 1 rings (SSSR count). The summed E-state index contributed by atoms with van der Waals surface area (Å²) in [5.41, 5.74) is 0. The standard InChI is InChI=1S/C11H16N2O3S/c1-5-8(14)7(2)17-11-12-9(15-3)6-10(13-11)16-4/h6-7H,5H2,1-4H3. The van der Waals surface area contributed by atoms with Gasteiger partial charge in [-0.25, -0.2) is 0 Å². The van der Waals surface area contributed by atoms with Crippen LogP contribution in [0, 0.1) is 0 Å². The number of Topliss-reactive ketones (excluding diaryl/α,β-unsaturated/α-hetero) is 1. The summed E-state index contributed by atoms with van der Waals surface area (Å²) < 4.78 is 10.1. The number of aromatic nitrogens is 2. The van der Waals surface area contributed by atoms with Gasteiger partial charge >= 0.3 is 0 Å². The Morgan fingerprint density at radius 3 is 2.29 bits per heavy atom. The molecule has 1 atom stereocenters. The minimum absolute atomic E-state index is 0.167. The van der Waals surface area contributed by atoms with E-state index in [1.54, 1.807) is 6.07 Å². The predicted molar refractivity (Wildman–Crippen MR) is 65.8 cm³/mol. The molecule has 1 aromatic rings. The fourth-order valence-corrected chi connectivity index (χ4v) is 2.06. The lowest BCUT2D eigenvalue weighted by Crippen LogP contribution is -2.12. The molecule has 0 bridgehead atoms. The molecule has 17 heavy (non-hydrogen) atoms. The molecular weight excluding hydrogens is 240 g/mol. The van der Waals surface area contributed by atoms with Gasteiger partial charge in [0.25, 0.3) is 0 Å². The average Bonchev–Trinajstić information content (AvgIpc) is 2.36. The van der Waals surface area contributed by atoms with E-state index in [1.165, 1.54) is 26.0 Å². The van der Waals surface area contributed by atoms with Crippen LogP contribution in [-0.4, -0.2) is 35.2 Å². The van der Waals surface area contributed by atoms with Crippen molar-refractivity contribution < 1.29 is 14.3 Å². The molecule has 6 heteroatoms. The summed E-state index contributed by atoms with van der Waals surface area (Å²) >= 11 is 1.30. The van der Waals surface area contributed by atoms with Crippen LogP contribution in [0.15, 0.2) is 11.2 Å². The summed E-state index contributed by atoms with van der Waals surface area (Å²) in [5, 5.41) is 0.312. The fourth-order valence-electron chi connectivity index (χ4n) is 1.16. The summed E-state index contributed by atoms with van der Waals surface area (Å²) in [6.07, 6.45) is 0.509. The van der Waals surface area contributed by atoms with Crippen LogP contribution in [0.25, 0.3) is 0 Å². The maximum absolute atomic E-state index is 11.5. The number of carbonyl (C=O) groups excluding carboxylic acids is 1. The van der Waals surface area contributed by atoms with Crippen molar-refractivity contribution in [3.05, 3.63) is 6.07 Å². The first-order valence-corrected chi connectivity index (χ1v) is 6.15. The maximum Gasteiger partial charge on any atom is 0.220 e. The second-order valence-corrected chi connectivity index (χ2v) is 4.62. The molecule has 0 fully saturated rings. The molecule has 0 radical (unpaired) electrons. The zero-order valence-corrected chi connectivity index (χ0v) is 11.2. The lowest BCUT2D eigenvalue weighted by atomic mass is 10.2. The van der Waals surface area contributed by atoms with Gasteiger partial charge in [0.2, 0.25) is 11.8 Å². The van der Waals surface area contributed by atoms with Crippen molar-refractivity contribution >= 4 is 17.5 Å². The monoisotopic (exact) mass is 256 g/mol. The van der Waals surface area contributed by atoms with Gasteiger partial charge in [-0.15, -0.1) is 0 Å². The summed E-state index contributed by atoms with van der Waals surface area (Å²) in [4.78, 5) is 19.8. The molecule has 1 heterocycles. The van der Waals surface area contributed by atoms with Crippen LogP contribution >= 0.6 is 11.8 Å². The molecule has 5 nitrogen and oxygen atoms in total. The topological polar surface area (TPSA) is 61.3 Å². The van der Waals surface area contributed by atoms with E-state index >= 15 is 0 Å². The summed E-state index contributed by atoms with van der Waals surface area (Å²) in [6, 6.07) is 1.59. The Morgan fingerprint density at radius 2 is 1.88 bits per heavy atom. The van der Waals surface area contributed by atoms with E-state index in [0.717, 1.165) is 0 Å². The zero-order chi connectivity index (χ0) is 12.8. The molecule has 0 aromatic carbocycles. The third kappa shape index (κ3) is 3.89. The van der Waals surface area contributed by atoms with Crippen LogP contribution in [-0.2, 0) is 4.79 Å². The summed E-state index contributed by atoms with van der Waals surface area (Å²) in [6.45, 7) is 3.68. The Balaban J connectivity index is 2.86. The van der Waals surface area contributed by atoms with Crippen molar-refractivity contribution in [1.29, 1.82) is 0 Å². The normalized spacial score (nSPS) is 12.0. The first-order chi connectivity index (χ1) is 8.10. The fraction of sp³-hybridized carbons (Fsp3) is 0.545. The third-order valence-electron chi connectivity index (χ3n) is 2.16. The molecular formula is C11H16N2O3S. The number of rotatable bonds is 6. The predicted octanol–water partition coefficient (Wildman–Crippen LogP) is 1.95. The molecule has 0 saturated heterocycles. The van der Waals surface area contributed by atoms with Gasteiger partial charge in [0, 0.05) is 6.42 Å². The van der Waals surface area contributed by atoms with Gasteiger partial charge in [-0.05, 0) is 6.92 Å². The van der Waals surface area contributed by atoms with Crippen molar-refractivity contribution in [2.24, 2.45) is 0 Å². The number of methoxy groups -OCH3 is 2. The van der Waals surface area contributed by atoms with Crippen molar-refractivity contribution in [3.63, 3.8) is 0 Å². The van der Waals surface area contributed by atoms with Crippen molar-refractivity contribution in [2.75, 3.05) is 14.2 Å². The van der Waals surface area contributed by atoms with Crippen molar-refractivity contribution in [3.8, 4) is 11.8 Å². The molecule has 0 amide bonds. The Kier molecular flexibility index (Phi) is 5.21. The van der Waals surface area contributed by atoms with E-state index in [-0.39, 0.29) is 11.0 Å². The molecule has 1 aromatic heterocycles. The minimum atomic E-state index is -0.170. The van der Waals surface area contributed by atoms with Crippen LogP contribution in [0.1, 0.15) is 20.3 Å². The zero-order valence-electron chi connectivity index (χ0n) is 10.4. The quantitative estimate of drug-likeness (QED) is 0.572. The van der Waals surface area contributed by atoms with E-state index < -0.39 is 0 Å². The summed E-state index contributed by atoms with van der Waals surface area (Å²) in [5.74, 6) is 1.02. The van der Waals surface area contributed by atoms with E-state index in [2.05, 4.69) is 9.97 Å². The highest BCUT2D eigenvalue weighted by molar-refractivity contribution is 8.00. The molecule has 0 saturated carbocycles. The van der Waals surface area contributed by atoms with Gasteiger partial charge in [-0.1, -0.05) is 18.7 Å². The maximum atomic E-state index is 11.5. The average molecular weight is 256 g/mol. The SMILES string of the molecule is CCC(=O)C(C)Sc1nc(OC)cc(OC)n1. The first kappa shape index (κ1) is 13.8. The second-order valence-electron chi connectivity index (χ2n) is 3.32. The van der Waals surface area contributed by atoms with Crippen LogP contribution in [0.5, 0.6) is 11.8 Å². The number of thioether (sulfide) groups is 1. The molecule has 0 N–H and O–H groups in total. The van der Waals surface area contributed by atoms with Gasteiger partial charge in [0.05, 0.1) is 25.5 Å². The highest BCUT2D eigenvalue weighted by atomic mass is 32.2. The van der Waals surface area contributed by atoms with E-state index in [9.17, 15) is 4.79 Å².